The maximum Gasteiger partial charge on any atom is 0.287 e. The van der Waals surface area contributed by atoms with E-state index in [2.05, 4.69) is 5.32 Å². The van der Waals surface area contributed by atoms with Gasteiger partial charge in [-0.15, -0.1) is 0 Å². The van der Waals surface area contributed by atoms with Crippen molar-refractivity contribution in [3.8, 4) is 6.07 Å². The SMILES string of the molecule is CCC[C@H](C)NC(=O)Cn1cc([N+](=O)[O-])cc(C#N)c1=O. The molecule has 0 saturated heterocycles. The van der Waals surface area contributed by atoms with Crippen LogP contribution in [0, 0.1) is 21.4 Å². The number of aromatic nitrogens is 1. The molecule has 0 bridgehead atoms. The Morgan fingerprint density at radius 2 is 2.29 bits per heavy atom. The maximum atomic E-state index is 11.9. The number of carbonyl (C=O) groups is 1. The summed E-state index contributed by atoms with van der Waals surface area (Å²) in [7, 11) is 0. The van der Waals surface area contributed by atoms with E-state index in [0.29, 0.717) is 0 Å². The van der Waals surface area contributed by atoms with Crippen LogP contribution in [0.25, 0.3) is 0 Å². The Kier molecular flexibility index (Phi) is 5.60. The normalized spacial score (nSPS) is 11.5. The molecule has 0 aliphatic rings. The van der Waals surface area contributed by atoms with Gasteiger partial charge in [0.05, 0.1) is 11.1 Å². The number of nitriles is 1. The zero-order chi connectivity index (χ0) is 16.0. The first-order valence-corrected chi connectivity index (χ1v) is 6.47. The standard InChI is InChI=1S/C13H16N4O4/c1-3-4-9(2)15-12(18)8-16-7-11(17(20)21)5-10(6-14)13(16)19/h5,7,9H,3-4,8H2,1-2H3,(H,15,18)/t9-/m0/s1. The second kappa shape index (κ2) is 7.19. The first-order valence-electron chi connectivity index (χ1n) is 6.47. The molecule has 1 N–H and O–H groups in total. The van der Waals surface area contributed by atoms with Gasteiger partial charge in [0.1, 0.15) is 18.2 Å². The molecule has 0 unspecified atom stereocenters. The smallest absolute Gasteiger partial charge is 0.287 e. The van der Waals surface area contributed by atoms with Gasteiger partial charge >= 0.3 is 0 Å². The van der Waals surface area contributed by atoms with E-state index in [1.807, 2.05) is 13.8 Å². The van der Waals surface area contributed by atoms with Crippen molar-refractivity contribution in [2.45, 2.75) is 39.3 Å². The van der Waals surface area contributed by atoms with Gasteiger partial charge in [-0.1, -0.05) is 13.3 Å². The van der Waals surface area contributed by atoms with Crippen LogP contribution in [0.15, 0.2) is 17.1 Å². The highest BCUT2D eigenvalue weighted by molar-refractivity contribution is 5.76. The maximum absolute atomic E-state index is 11.9. The van der Waals surface area contributed by atoms with Crippen LogP contribution in [-0.2, 0) is 11.3 Å². The molecule has 1 aromatic heterocycles. The zero-order valence-electron chi connectivity index (χ0n) is 11.8. The number of pyridine rings is 1. The lowest BCUT2D eigenvalue weighted by molar-refractivity contribution is -0.385. The van der Waals surface area contributed by atoms with Crippen molar-refractivity contribution in [2.24, 2.45) is 0 Å². The van der Waals surface area contributed by atoms with Crippen LogP contribution >= 0.6 is 0 Å². The Morgan fingerprint density at radius 1 is 1.62 bits per heavy atom. The lowest BCUT2D eigenvalue weighted by atomic mass is 10.2. The van der Waals surface area contributed by atoms with E-state index < -0.39 is 22.1 Å². The Bertz CT molecular complexity index is 645. The number of amides is 1. The molecule has 0 saturated carbocycles. The predicted octanol–water partition coefficient (Wildman–Crippen LogP) is 0.933. The lowest BCUT2D eigenvalue weighted by Crippen LogP contribution is -2.37. The van der Waals surface area contributed by atoms with E-state index >= 15 is 0 Å². The van der Waals surface area contributed by atoms with Crippen LogP contribution in [-0.4, -0.2) is 21.4 Å². The van der Waals surface area contributed by atoms with Crippen LogP contribution < -0.4 is 10.9 Å². The molecule has 1 amide bonds. The Labute approximate surface area is 121 Å². The summed E-state index contributed by atoms with van der Waals surface area (Å²) in [6.07, 6.45) is 2.66. The molecule has 1 rings (SSSR count). The van der Waals surface area contributed by atoms with Crippen molar-refractivity contribution in [1.82, 2.24) is 9.88 Å². The van der Waals surface area contributed by atoms with Crippen molar-refractivity contribution in [1.29, 1.82) is 5.26 Å². The lowest BCUT2D eigenvalue weighted by Gasteiger charge is -2.13. The third-order valence-electron chi connectivity index (χ3n) is 2.85. The summed E-state index contributed by atoms with van der Waals surface area (Å²) >= 11 is 0. The highest BCUT2D eigenvalue weighted by atomic mass is 16.6. The van der Waals surface area contributed by atoms with Crippen molar-refractivity contribution < 1.29 is 9.72 Å². The van der Waals surface area contributed by atoms with Crippen molar-refractivity contribution in [3.05, 3.63) is 38.3 Å². The van der Waals surface area contributed by atoms with E-state index in [1.54, 1.807) is 6.07 Å². The van der Waals surface area contributed by atoms with Gasteiger partial charge in [-0.25, -0.2) is 0 Å². The fraction of sp³-hybridized carbons (Fsp3) is 0.462. The number of nitrogens with one attached hydrogen (secondary N) is 1. The summed E-state index contributed by atoms with van der Waals surface area (Å²) in [5, 5.41) is 22.3. The predicted molar refractivity (Wildman–Crippen MR) is 74.6 cm³/mol. The van der Waals surface area contributed by atoms with Crippen LogP contribution in [0.3, 0.4) is 0 Å². The Balaban J connectivity index is 3.00. The topological polar surface area (TPSA) is 118 Å². The van der Waals surface area contributed by atoms with Gasteiger partial charge in [0.25, 0.3) is 11.2 Å². The number of hydrogen-bond acceptors (Lipinski definition) is 5. The van der Waals surface area contributed by atoms with Gasteiger partial charge in [0, 0.05) is 12.1 Å². The van der Waals surface area contributed by atoms with Gasteiger partial charge in [-0.05, 0) is 13.3 Å². The number of nitro groups is 1. The van der Waals surface area contributed by atoms with E-state index in [1.165, 1.54) is 0 Å². The number of rotatable bonds is 6. The molecule has 112 valence electrons. The summed E-state index contributed by atoms with van der Waals surface area (Å²) in [5.74, 6) is -0.428. The quantitative estimate of drug-likeness (QED) is 0.618. The molecule has 0 spiro atoms. The van der Waals surface area contributed by atoms with E-state index in [4.69, 9.17) is 5.26 Å². The Hall–Kier alpha value is -2.69. The summed E-state index contributed by atoms with van der Waals surface area (Å²) < 4.78 is 0.880. The second-order valence-corrected chi connectivity index (χ2v) is 4.67. The van der Waals surface area contributed by atoms with E-state index in [0.717, 1.165) is 29.7 Å². The van der Waals surface area contributed by atoms with Crippen LogP contribution in [0.4, 0.5) is 5.69 Å². The largest absolute Gasteiger partial charge is 0.352 e. The molecular weight excluding hydrogens is 276 g/mol. The number of hydrogen-bond donors (Lipinski definition) is 1. The fourth-order valence-corrected chi connectivity index (χ4v) is 1.90. The average molecular weight is 292 g/mol. The highest BCUT2D eigenvalue weighted by Crippen LogP contribution is 2.09. The molecule has 0 fully saturated rings. The van der Waals surface area contributed by atoms with Crippen molar-refractivity contribution in [2.75, 3.05) is 0 Å². The Morgan fingerprint density at radius 3 is 2.81 bits per heavy atom. The summed E-state index contributed by atoms with van der Waals surface area (Å²) in [6.45, 7) is 3.45. The second-order valence-electron chi connectivity index (χ2n) is 4.67. The third-order valence-corrected chi connectivity index (χ3v) is 2.85. The molecule has 1 aromatic rings. The summed E-state index contributed by atoms with van der Waals surface area (Å²) in [4.78, 5) is 33.7. The minimum Gasteiger partial charge on any atom is -0.352 e. The highest BCUT2D eigenvalue weighted by Gasteiger charge is 2.16. The number of nitrogens with zero attached hydrogens (tertiary/aromatic N) is 3. The molecule has 1 atom stereocenters. The molecule has 0 radical (unpaired) electrons. The van der Waals surface area contributed by atoms with Gasteiger partial charge in [0.15, 0.2) is 0 Å². The minimum absolute atomic E-state index is 0.0488. The monoisotopic (exact) mass is 292 g/mol. The fourth-order valence-electron chi connectivity index (χ4n) is 1.90. The molecule has 0 aliphatic heterocycles. The molecule has 21 heavy (non-hydrogen) atoms. The molecule has 1 heterocycles. The average Bonchev–Trinajstić information content (AvgIpc) is 2.40. The van der Waals surface area contributed by atoms with Crippen LogP contribution in [0.1, 0.15) is 32.3 Å². The summed E-state index contributed by atoms with van der Waals surface area (Å²) in [5.41, 5.74) is -1.49. The summed E-state index contributed by atoms with van der Waals surface area (Å²) in [6, 6.07) is 2.45. The first-order chi connectivity index (χ1) is 9.88. The third kappa shape index (κ3) is 4.42. The van der Waals surface area contributed by atoms with Gasteiger partial charge in [-0.3, -0.25) is 24.3 Å². The van der Waals surface area contributed by atoms with Gasteiger partial charge in [-0.2, -0.15) is 5.26 Å². The zero-order valence-corrected chi connectivity index (χ0v) is 11.8. The van der Waals surface area contributed by atoms with Crippen LogP contribution in [0.5, 0.6) is 0 Å². The minimum atomic E-state index is -0.721. The molecule has 8 nitrogen and oxygen atoms in total. The molecular formula is C13H16N4O4. The van der Waals surface area contributed by atoms with Gasteiger partial charge in [0.2, 0.25) is 5.91 Å². The molecule has 8 heteroatoms. The van der Waals surface area contributed by atoms with E-state index in [9.17, 15) is 19.7 Å². The molecule has 0 aromatic carbocycles. The van der Waals surface area contributed by atoms with E-state index in [-0.39, 0.29) is 18.2 Å². The first kappa shape index (κ1) is 16.4. The number of carbonyl (C=O) groups excluding carboxylic acids is 1. The molecule has 0 aliphatic carbocycles. The van der Waals surface area contributed by atoms with Gasteiger partial charge < -0.3 is 5.32 Å². The van der Waals surface area contributed by atoms with Crippen molar-refractivity contribution in [3.63, 3.8) is 0 Å². The van der Waals surface area contributed by atoms with Crippen LogP contribution in [0.2, 0.25) is 0 Å². The van der Waals surface area contributed by atoms with Crippen molar-refractivity contribution >= 4 is 11.6 Å².